The summed E-state index contributed by atoms with van der Waals surface area (Å²) in [6, 6.07) is 5.53. The van der Waals surface area contributed by atoms with E-state index in [1.807, 2.05) is 0 Å². The Labute approximate surface area is 138 Å². The largest absolute Gasteiger partial charge is 0.433 e. The molecule has 1 atom stereocenters. The van der Waals surface area contributed by atoms with Gasteiger partial charge < -0.3 is 4.98 Å². The summed E-state index contributed by atoms with van der Waals surface area (Å²) in [5.74, 6) is 0. The summed E-state index contributed by atoms with van der Waals surface area (Å²) in [6.07, 6.45) is -4.64. The molecule has 22 heavy (non-hydrogen) atoms. The fraction of sp³-hybridized carbons (Fsp3) is 0.231. The Morgan fingerprint density at radius 1 is 1.27 bits per heavy atom. The number of H-pyrrole nitrogens is 1. The minimum atomic E-state index is -4.69. The van der Waals surface area contributed by atoms with Gasteiger partial charge in [-0.2, -0.15) is 30.8 Å². The summed E-state index contributed by atoms with van der Waals surface area (Å²) in [6.45, 7) is 0. The van der Waals surface area contributed by atoms with Gasteiger partial charge in [-0.3, -0.25) is 0 Å². The average Bonchev–Trinajstić information content (AvgIpc) is 2.36. The highest BCUT2D eigenvalue weighted by molar-refractivity contribution is 7.80. The van der Waals surface area contributed by atoms with Gasteiger partial charge in [0.05, 0.1) is 0 Å². The van der Waals surface area contributed by atoms with Gasteiger partial charge >= 0.3 is 11.9 Å². The third-order valence-corrected chi connectivity index (χ3v) is 3.85. The van der Waals surface area contributed by atoms with E-state index in [2.05, 4.69) is 22.6 Å². The fourth-order valence-corrected chi connectivity index (χ4v) is 2.89. The van der Waals surface area contributed by atoms with Gasteiger partial charge in [-0.05, 0) is 23.8 Å². The highest BCUT2D eigenvalue weighted by Crippen LogP contribution is 2.33. The summed E-state index contributed by atoms with van der Waals surface area (Å²) >= 11 is 16.1. The second-order valence-electron chi connectivity index (χ2n) is 4.48. The van der Waals surface area contributed by atoms with Crippen LogP contribution in [-0.4, -0.2) is 9.97 Å². The number of rotatable bonds is 3. The van der Waals surface area contributed by atoms with Crippen LogP contribution >= 0.6 is 35.8 Å². The lowest BCUT2D eigenvalue weighted by atomic mass is 10.1. The summed E-state index contributed by atoms with van der Waals surface area (Å²) < 4.78 is 37.9. The molecule has 0 aliphatic rings. The number of nitrogens with zero attached hydrogens (tertiary/aromatic N) is 1. The Morgan fingerprint density at radius 2 is 1.95 bits per heavy atom. The zero-order valence-electron chi connectivity index (χ0n) is 10.8. The number of benzene rings is 1. The van der Waals surface area contributed by atoms with Gasteiger partial charge in [0.2, 0.25) is 0 Å². The molecular weight excluding hydrogens is 360 g/mol. The molecule has 3 nitrogen and oxygen atoms in total. The number of alkyl halides is 3. The molecule has 0 saturated carbocycles. The lowest BCUT2D eigenvalue weighted by Gasteiger charge is -2.14. The van der Waals surface area contributed by atoms with Crippen molar-refractivity contribution in [3.05, 3.63) is 61.7 Å². The van der Waals surface area contributed by atoms with Crippen molar-refractivity contribution < 1.29 is 13.2 Å². The summed E-state index contributed by atoms with van der Waals surface area (Å²) in [5, 5.41) is 0.273. The van der Waals surface area contributed by atoms with Gasteiger partial charge in [0.1, 0.15) is 0 Å². The molecule has 2 aromatic rings. The van der Waals surface area contributed by atoms with Crippen molar-refractivity contribution >= 4 is 35.8 Å². The van der Waals surface area contributed by atoms with E-state index in [1.165, 1.54) is 6.07 Å². The molecule has 0 fully saturated rings. The standard InChI is InChI=1S/C13H9Cl2F3N2OS/c14-6-1-2-8(9(15)3-6)10(22)4-7-5-11(13(16,17)18)20-12(21)19-7/h1-3,5,10,22H,4H2,(H,19,20,21)/t10-/m0/s1. The van der Waals surface area contributed by atoms with Gasteiger partial charge in [0, 0.05) is 27.4 Å². The van der Waals surface area contributed by atoms with Crippen LogP contribution in [0.5, 0.6) is 0 Å². The second kappa shape index (κ2) is 6.52. The van der Waals surface area contributed by atoms with Crippen LogP contribution in [0, 0.1) is 0 Å². The van der Waals surface area contributed by atoms with E-state index < -0.39 is 22.8 Å². The van der Waals surface area contributed by atoms with Crippen molar-refractivity contribution in [2.24, 2.45) is 0 Å². The Hall–Kier alpha value is -1.18. The van der Waals surface area contributed by atoms with Gasteiger partial charge in [0.15, 0.2) is 5.69 Å². The molecule has 1 aromatic heterocycles. The maximum atomic E-state index is 12.6. The molecular formula is C13H9Cl2F3N2OS. The highest BCUT2D eigenvalue weighted by Gasteiger charge is 2.33. The summed E-state index contributed by atoms with van der Waals surface area (Å²) in [4.78, 5) is 16.4. The molecule has 9 heteroatoms. The lowest BCUT2D eigenvalue weighted by Crippen LogP contribution is -2.21. The molecule has 118 valence electrons. The molecule has 0 saturated heterocycles. The highest BCUT2D eigenvalue weighted by atomic mass is 35.5. The first-order chi connectivity index (χ1) is 10.2. The van der Waals surface area contributed by atoms with E-state index in [4.69, 9.17) is 23.2 Å². The van der Waals surface area contributed by atoms with E-state index in [9.17, 15) is 18.0 Å². The Balaban J connectivity index is 2.30. The number of hydrogen-bond acceptors (Lipinski definition) is 3. The molecule has 1 N–H and O–H groups in total. The van der Waals surface area contributed by atoms with Crippen LogP contribution in [0.1, 0.15) is 22.2 Å². The van der Waals surface area contributed by atoms with E-state index in [1.54, 1.807) is 12.1 Å². The van der Waals surface area contributed by atoms with Crippen molar-refractivity contribution in [3.63, 3.8) is 0 Å². The predicted octanol–water partition coefficient (Wildman–Crippen LogP) is 4.31. The fourth-order valence-electron chi connectivity index (χ4n) is 1.85. The van der Waals surface area contributed by atoms with Crippen molar-refractivity contribution in [1.82, 2.24) is 9.97 Å². The molecule has 0 aliphatic carbocycles. The van der Waals surface area contributed by atoms with Crippen LogP contribution in [0.25, 0.3) is 0 Å². The van der Waals surface area contributed by atoms with Crippen molar-refractivity contribution in [2.75, 3.05) is 0 Å². The summed E-state index contributed by atoms with van der Waals surface area (Å²) in [5.41, 5.74) is -1.64. The lowest BCUT2D eigenvalue weighted by molar-refractivity contribution is -0.141. The van der Waals surface area contributed by atoms with Crippen molar-refractivity contribution in [1.29, 1.82) is 0 Å². The Bertz CT molecular complexity index is 749. The average molecular weight is 369 g/mol. The maximum Gasteiger partial charge on any atom is 0.433 e. The monoisotopic (exact) mass is 368 g/mol. The first-order valence-corrected chi connectivity index (χ1v) is 7.24. The van der Waals surface area contributed by atoms with Crippen LogP contribution in [0.3, 0.4) is 0 Å². The van der Waals surface area contributed by atoms with Crippen LogP contribution in [0.2, 0.25) is 10.0 Å². The summed E-state index contributed by atoms with van der Waals surface area (Å²) in [7, 11) is 0. The number of nitrogens with one attached hydrogen (secondary N) is 1. The first-order valence-electron chi connectivity index (χ1n) is 5.97. The smallest absolute Gasteiger partial charge is 0.310 e. The third-order valence-electron chi connectivity index (χ3n) is 2.83. The maximum absolute atomic E-state index is 12.6. The minimum absolute atomic E-state index is 0.0469. The van der Waals surface area contributed by atoms with Gasteiger partial charge in [-0.25, -0.2) is 4.79 Å². The normalized spacial score (nSPS) is 13.2. The molecule has 1 aromatic carbocycles. The van der Waals surface area contributed by atoms with E-state index in [0.717, 1.165) is 6.07 Å². The zero-order valence-corrected chi connectivity index (χ0v) is 13.2. The number of thiol groups is 1. The molecule has 2 rings (SSSR count). The Kier molecular flexibility index (Phi) is 5.09. The number of halogens is 5. The number of aromatic nitrogens is 2. The number of aromatic amines is 1. The van der Waals surface area contributed by atoms with Gasteiger partial charge in [0.25, 0.3) is 0 Å². The molecule has 0 radical (unpaired) electrons. The predicted molar refractivity (Wildman–Crippen MR) is 81.8 cm³/mol. The van der Waals surface area contributed by atoms with Gasteiger partial charge in [-0.1, -0.05) is 29.3 Å². The molecule has 0 amide bonds. The van der Waals surface area contributed by atoms with E-state index >= 15 is 0 Å². The number of hydrogen-bond donors (Lipinski definition) is 2. The van der Waals surface area contributed by atoms with E-state index in [0.29, 0.717) is 15.6 Å². The molecule has 1 heterocycles. The van der Waals surface area contributed by atoms with Crippen LogP contribution in [0.15, 0.2) is 29.1 Å². The quantitative estimate of drug-likeness (QED) is 0.792. The molecule has 0 spiro atoms. The van der Waals surface area contributed by atoms with E-state index in [-0.39, 0.29) is 12.1 Å². The molecule has 0 aliphatic heterocycles. The SMILES string of the molecule is O=c1nc(C(F)(F)F)cc(C[C@H](S)c2ccc(Cl)cc2Cl)[nH]1. The van der Waals surface area contributed by atoms with Crippen molar-refractivity contribution in [2.45, 2.75) is 17.8 Å². The first kappa shape index (κ1) is 17.2. The van der Waals surface area contributed by atoms with Crippen molar-refractivity contribution in [3.8, 4) is 0 Å². The third kappa shape index (κ3) is 4.18. The Morgan fingerprint density at radius 3 is 2.55 bits per heavy atom. The van der Waals surface area contributed by atoms with Crippen LogP contribution in [-0.2, 0) is 12.6 Å². The second-order valence-corrected chi connectivity index (χ2v) is 5.95. The van der Waals surface area contributed by atoms with Crippen LogP contribution in [0.4, 0.5) is 13.2 Å². The van der Waals surface area contributed by atoms with Gasteiger partial charge in [-0.15, -0.1) is 0 Å². The molecule has 0 unspecified atom stereocenters. The topological polar surface area (TPSA) is 45.8 Å². The minimum Gasteiger partial charge on any atom is -0.310 e. The van der Waals surface area contributed by atoms with Crippen LogP contribution < -0.4 is 5.69 Å². The zero-order chi connectivity index (χ0) is 16.5. The molecule has 0 bridgehead atoms.